The lowest BCUT2D eigenvalue weighted by Gasteiger charge is -2.27. The molecule has 0 saturated carbocycles. The number of halogens is 3. The number of nitrogens with zero attached hydrogens (tertiary/aromatic N) is 6. The van der Waals surface area contributed by atoms with Crippen molar-refractivity contribution in [3.8, 4) is 17.5 Å². The van der Waals surface area contributed by atoms with Crippen molar-refractivity contribution in [1.82, 2.24) is 15.0 Å². The molecule has 5 amide bonds. The topological polar surface area (TPSA) is 256 Å². The Morgan fingerprint density at radius 3 is 1.91 bits per heavy atom. The molecule has 6 aromatic carbocycles. The number of azo groups is 2. The molecule has 0 aliphatic carbocycles. The number of benzene rings is 6. The predicted molar refractivity (Wildman–Crippen MR) is 270 cm³/mol. The maximum Gasteiger partial charge on any atom is 0.295 e. The summed E-state index contributed by atoms with van der Waals surface area (Å²) in [5.41, 5.74) is 3.02. The molecule has 2 aromatic heterocycles. The number of nitrogens with one attached hydrogen (secondary N) is 4. The minimum atomic E-state index is -1.84. The Morgan fingerprint density at radius 1 is 0.686 bits per heavy atom. The minimum absolute atomic E-state index is 0.0479. The fourth-order valence-corrected chi connectivity index (χ4v) is 8.34. The number of para-hydroxylation sites is 1. The molecule has 0 bridgehead atoms. The third-order valence-electron chi connectivity index (χ3n) is 10.7. The number of hydrogen-bond acceptors (Lipinski definition) is 11. The van der Waals surface area contributed by atoms with Crippen LogP contribution in [0.3, 0.4) is 0 Å². The zero-order chi connectivity index (χ0) is 49.1. The van der Waals surface area contributed by atoms with Gasteiger partial charge < -0.3 is 35.6 Å². The van der Waals surface area contributed by atoms with Crippen LogP contribution in [-0.2, 0) is 20.8 Å². The highest BCUT2D eigenvalue weighted by Gasteiger charge is 2.37. The fourth-order valence-electron chi connectivity index (χ4n) is 7.26. The molecule has 9 rings (SSSR count). The number of aryl methyl sites for hydroxylation is 1. The first-order chi connectivity index (χ1) is 33.8. The standard InChI is InChI=1S/C49H33Br3N10O8/c50-28-13-18-36-33(22-28)40(44(65)54-36)58-57-39(63)21-8-25-6-9-27(10-7-25)48(69)62(61-42-35-24-30(52)15-20-38(35)56-46(42)67)49(70-32-4-2-1-3-5-32)47(68)53-31-16-11-26(12-17-31)43(64)60-59-41-34-23-29(51)14-19-37(34)55-45(41)66/h1-7,9-20,22-24,49,54-55,65-66H,8,21H2,(H,53,68)(H,56,61,67). The molecule has 3 heterocycles. The van der Waals surface area contributed by atoms with Gasteiger partial charge in [-0.1, -0.05) is 78.1 Å². The van der Waals surface area contributed by atoms with Crippen LogP contribution >= 0.6 is 47.8 Å². The monoisotopic (exact) mass is 1130 g/mol. The van der Waals surface area contributed by atoms with E-state index < -0.39 is 35.8 Å². The Hall–Kier alpha value is -8.14. The number of fused-ring (bicyclic) bond motifs is 3. The van der Waals surface area contributed by atoms with Crippen LogP contribution in [0.5, 0.6) is 17.5 Å². The van der Waals surface area contributed by atoms with Crippen molar-refractivity contribution in [1.29, 1.82) is 0 Å². The lowest BCUT2D eigenvalue weighted by atomic mass is 10.1. The van der Waals surface area contributed by atoms with Crippen molar-refractivity contribution in [2.24, 2.45) is 25.6 Å². The molecule has 8 aromatic rings. The van der Waals surface area contributed by atoms with Gasteiger partial charge >= 0.3 is 0 Å². The van der Waals surface area contributed by atoms with E-state index in [0.29, 0.717) is 43.1 Å². The Labute approximate surface area is 421 Å². The van der Waals surface area contributed by atoms with Crippen molar-refractivity contribution in [2.45, 2.75) is 19.1 Å². The number of hydrogen-bond donors (Lipinski definition) is 6. The minimum Gasteiger partial charge on any atom is -0.493 e. The van der Waals surface area contributed by atoms with Gasteiger partial charge in [0.15, 0.2) is 17.1 Å². The second kappa shape index (κ2) is 20.2. The number of ether oxygens (including phenoxy) is 1. The molecule has 0 radical (unpaired) electrons. The van der Waals surface area contributed by atoms with Gasteiger partial charge in [-0.3, -0.25) is 24.0 Å². The molecule has 70 heavy (non-hydrogen) atoms. The number of amides is 5. The Kier molecular flexibility index (Phi) is 13.6. The summed E-state index contributed by atoms with van der Waals surface area (Å²) in [6.45, 7) is 0. The molecular formula is C49H33Br3N10O8. The van der Waals surface area contributed by atoms with Gasteiger partial charge in [0.2, 0.25) is 11.8 Å². The molecule has 1 atom stereocenters. The number of anilines is 2. The number of H-pyrrole nitrogens is 2. The average molecular weight is 1130 g/mol. The van der Waals surface area contributed by atoms with Gasteiger partial charge in [0.25, 0.3) is 35.8 Å². The van der Waals surface area contributed by atoms with E-state index in [0.717, 1.165) is 14.0 Å². The molecule has 0 fully saturated rings. The van der Waals surface area contributed by atoms with E-state index in [9.17, 15) is 34.2 Å². The number of aromatic nitrogens is 2. The van der Waals surface area contributed by atoms with Crippen molar-refractivity contribution in [3.05, 3.63) is 169 Å². The quantitative estimate of drug-likeness (QED) is 0.0367. The maximum absolute atomic E-state index is 14.7. The molecule has 348 valence electrons. The first-order valence-corrected chi connectivity index (χ1v) is 23.3. The van der Waals surface area contributed by atoms with E-state index >= 15 is 0 Å². The number of aromatic hydroxyl groups is 2. The van der Waals surface area contributed by atoms with Crippen LogP contribution in [0.1, 0.15) is 38.3 Å². The Morgan fingerprint density at radius 2 is 1.27 bits per heavy atom. The second-order valence-corrected chi connectivity index (χ2v) is 18.2. The van der Waals surface area contributed by atoms with E-state index in [1.807, 2.05) is 0 Å². The van der Waals surface area contributed by atoms with Gasteiger partial charge in [-0.2, -0.15) is 10.1 Å². The molecule has 1 aliphatic rings. The number of rotatable bonds is 13. The molecule has 0 spiro atoms. The Bertz CT molecular complexity index is 3490. The van der Waals surface area contributed by atoms with Crippen molar-refractivity contribution < 1.29 is 38.9 Å². The van der Waals surface area contributed by atoms with Crippen LogP contribution < -0.4 is 15.4 Å². The van der Waals surface area contributed by atoms with Gasteiger partial charge in [0.05, 0.1) is 16.7 Å². The van der Waals surface area contributed by atoms with Crippen molar-refractivity contribution in [3.63, 3.8) is 0 Å². The lowest BCUT2D eigenvalue weighted by molar-refractivity contribution is -0.129. The summed E-state index contributed by atoms with van der Waals surface area (Å²) in [6.07, 6.45) is -1.67. The number of hydrazone groups is 1. The summed E-state index contributed by atoms with van der Waals surface area (Å²) in [7, 11) is 0. The highest BCUT2D eigenvalue weighted by molar-refractivity contribution is 9.11. The predicted octanol–water partition coefficient (Wildman–Crippen LogP) is 11.4. The summed E-state index contributed by atoms with van der Waals surface area (Å²) < 4.78 is 8.33. The van der Waals surface area contributed by atoms with E-state index in [4.69, 9.17) is 4.74 Å². The molecule has 21 heteroatoms. The first kappa shape index (κ1) is 46.9. The summed E-state index contributed by atoms with van der Waals surface area (Å²) in [6, 6.07) is 35.7. The van der Waals surface area contributed by atoms with Crippen LogP contribution in [0.4, 0.5) is 22.7 Å². The summed E-state index contributed by atoms with van der Waals surface area (Å²) >= 11 is 10.2. The van der Waals surface area contributed by atoms with Gasteiger partial charge in [0.1, 0.15) is 5.75 Å². The molecule has 0 saturated heterocycles. The zero-order valence-corrected chi connectivity index (χ0v) is 40.6. The SMILES string of the molecule is O=C(CCc1ccc(C(=O)N(N=C2C(=O)Nc3ccc(Br)cc32)C(Oc2ccccc2)C(=O)Nc2ccc(C(=O)N=Nc3c(O)[nH]c4ccc(Br)cc34)cc2)cc1)N=Nc1c(O)[nH]c2ccc(Br)cc12. The van der Waals surface area contributed by atoms with Gasteiger partial charge in [-0.15, -0.1) is 20.5 Å². The zero-order valence-electron chi connectivity index (χ0n) is 35.9. The molecule has 18 nitrogen and oxygen atoms in total. The summed E-state index contributed by atoms with van der Waals surface area (Å²) in [5.74, 6) is -3.95. The lowest BCUT2D eigenvalue weighted by Crippen LogP contribution is -2.49. The number of carbonyl (C=O) groups excluding carboxylic acids is 5. The molecule has 6 N–H and O–H groups in total. The molecular weight excluding hydrogens is 1100 g/mol. The van der Waals surface area contributed by atoms with E-state index in [1.54, 1.807) is 97.1 Å². The largest absolute Gasteiger partial charge is 0.493 e. The number of carbonyl (C=O) groups is 5. The number of aromatic amines is 2. The van der Waals surface area contributed by atoms with Crippen LogP contribution in [0.2, 0.25) is 0 Å². The first-order valence-electron chi connectivity index (χ1n) is 20.9. The van der Waals surface area contributed by atoms with Crippen LogP contribution in [0, 0.1) is 0 Å². The highest BCUT2D eigenvalue weighted by atomic mass is 79.9. The smallest absolute Gasteiger partial charge is 0.295 e. The third kappa shape index (κ3) is 10.3. The Balaban J connectivity index is 0.971. The summed E-state index contributed by atoms with van der Waals surface area (Å²) in [4.78, 5) is 74.2. The van der Waals surface area contributed by atoms with E-state index in [-0.39, 0.29) is 64.3 Å². The average Bonchev–Trinajstić information content (AvgIpc) is 3.96. The van der Waals surface area contributed by atoms with Crippen LogP contribution in [0.15, 0.2) is 172 Å². The van der Waals surface area contributed by atoms with Gasteiger partial charge in [0, 0.05) is 53.0 Å². The van der Waals surface area contributed by atoms with Crippen molar-refractivity contribution in [2.75, 3.05) is 10.6 Å². The van der Waals surface area contributed by atoms with Crippen molar-refractivity contribution >= 4 is 128 Å². The normalized spacial score (nSPS) is 13.2. The van der Waals surface area contributed by atoms with Crippen LogP contribution in [-0.4, -0.2) is 66.7 Å². The highest BCUT2D eigenvalue weighted by Crippen LogP contribution is 2.38. The van der Waals surface area contributed by atoms with Gasteiger partial charge in [-0.05, 0) is 115 Å². The van der Waals surface area contributed by atoms with E-state index in [1.165, 1.54) is 36.4 Å². The van der Waals surface area contributed by atoms with Crippen LogP contribution in [0.25, 0.3) is 21.8 Å². The van der Waals surface area contributed by atoms with E-state index in [2.05, 4.69) is 93.9 Å². The maximum atomic E-state index is 14.7. The third-order valence-corrected chi connectivity index (χ3v) is 12.2. The molecule has 1 unspecified atom stereocenters. The fraction of sp³-hybridized carbons (Fsp3) is 0.0612. The molecule has 1 aliphatic heterocycles. The van der Waals surface area contributed by atoms with Gasteiger partial charge in [-0.25, -0.2) is 0 Å². The second-order valence-electron chi connectivity index (χ2n) is 15.4. The summed E-state index contributed by atoms with van der Waals surface area (Å²) in [5, 5.41) is 48.3.